The van der Waals surface area contributed by atoms with Crippen molar-refractivity contribution in [1.29, 1.82) is 0 Å². The molecule has 1 N–H and O–H groups in total. The summed E-state index contributed by atoms with van der Waals surface area (Å²) in [4.78, 5) is 27.9. The molecule has 6 nitrogen and oxygen atoms in total. The highest BCUT2D eigenvalue weighted by molar-refractivity contribution is 5.74. The van der Waals surface area contributed by atoms with Crippen LogP contribution < -0.4 is 5.32 Å². The Labute approximate surface area is 191 Å². The monoisotopic (exact) mass is 466 g/mol. The van der Waals surface area contributed by atoms with Crippen molar-refractivity contribution in [3.8, 4) is 11.3 Å². The molecule has 0 bridgehead atoms. The van der Waals surface area contributed by atoms with Gasteiger partial charge in [0.2, 0.25) is 0 Å². The van der Waals surface area contributed by atoms with Gasteiger partial charge in [-0.05, 0) is 63.1 Å². The van der Waals surface area contributed by atoms with Gasteiger partial charge in [0.05, 0.1) is 30.7 Å². The van der Waals surface area contributed by atoms with Gasteiger partial charge in [-0.3, -0.25) is 14.6 Å². The molecule has 0 saturated heterocycles. The fourth-order valence-corrected chi connectivity index (χ4v) is 3.08. The highest BCUT2D eigenvalue weighted by Gasteiger charge is 2.31. The molecule has 0 aliphatic rings. The number of benzene rings is 1. The molecule has 1 heterocycles. The Kier molecular flexibility index (Phi) is 8.99. The zero-order valence-corrected chi connectivity index (χ0v) is 19.2. The summed E-state index contributed by atoms with van der Waals surface area (Å²) in [7, 11) is 0. The second-order valence-corrected chi connectivity index (χ2v) is 8.41. The smallest absolute Gasteiger partial charge is 0.416 e. The van der Waals surface area contributed by atoms with Gasteiger partial charge >= 0.3 is 18.1 Å². The average Bonchev–Trinajstić information content (AvgIpc) is 2.69. The molecule has 0 atom stereocenters. The zero-order chi connectivity index (χ0) is 24.6. The van der Waals surface area contributed by atoms with Gasteiger partial charge in [-0.2, -0.15) is 13.2 Å². The van der Waals surface area contributed by atoms with Crippen molar-refractivity contribution >= 4 is 11.9 Å². The van der Waals surface area contributed by atoms with E-state index in [4.69, 9.17) is 9.47 Å². The number of carbonyl (C=O) groups excluding carboxylic acids is 2. The highest BCUT2D eigenvalue weighted by atomic mass is 19.4. The van der Waals surface area contributed by atoms with E-state index in [-0.39, 0.29) is 32.5 Å². The summed E-state index contributed by atoms with van der Waals surface area (Å²) in [6.07, 6.45) is -2.88. The predicted molar refractivity (Wildman–Crippen MR) is 117 cm³/mol. The molecule has 2 aromatic rings. The number of alkyl halides is 3. The highest BCUT2D eigenvalue weighted by Crippen LogP contribution is 2.33. The average molecular weight is 467 g/mol. The molecule has 0 spiro atoms. The molecule has 0 amide bonds. The minimum atomic E-state index is -4.50. The van der Waals surface area contributed by atoms with Crippen LogP contribution in [0, 0.1) is 0 Å². The van der Waals surface area contributed by atoms with Crippen molar-refractivity contribution < 1.29 is 32.2 Å². The topological polar surface area (TPSA) is 77.5 Å². The van der Waals surface area contributed by atoms with Crippen LogP contribution in [-0.2, 0) is 38.2 Å². The Morgan fingerprint density at radius 1 is 1.06 bits per heavy atom. The Hall–Kier alpha value is -2.94. The van der Waals surface area contributed by atoms with Gasteiger partial charge in [0, 0.05) is 24.8 Å². The third kappa shape index (κ3) is 8.84. The Bertz CT molecular complexity index is 969. The van der Waals surface area contributed by atoms with Crippen molar-refractivity contribution in [3.63, 3.8) is 0 Å². The zero-order valence-electron chi connectivity index (χ0n) is 19.2. The van der Waals surface area contributed by atoms with Gasteiger partial charge in [0.15, 0.2) is 0 Å². The lowest BCUT2D eigenvalue weighted by molar-refractivity contribution is -0.154. The first kappa shape index (κ1) is 26.3. The van der Waals surface area contributed by atoms with Crippen molar-refractivity contribution in [3.05, 3.63) is 53.2 Å². The predicted octanol–water partition coefficient (Wildman–Crippen LogP) is 4.69. The molecule has 0 aliphatic carbocycles. The summed E-state index contributed by atoms with van der Waals surface area (Å²) in [6.45, 7) is 7.57. The summed E-state index contributed by atoms with van der Waals surface area (Å²) < 4.78 is 50.0. The molecule has 33 heavy (non-hydrogen) atoms. The quantitative estimate of drug-likeness (QED) is 0.427. The maximum absolute atomic E-state index is 13.3. The van der Waals surface area contributed by atoms with E-state index >= 15 is 0 Å². The van der Waals surface area contributed by atoms with Crippen LogP contribution in [0.4, 0.5) is 13.2 Å². The maximum atomic E-state index is 13.3. The lowest BCUT2D eigenvalue weighted by Crippen LogP contribution is -2.26. The molecule has 1 aromatic carbocycles. The lowest BCUT2D eigenvalue weighted by atomic mass is 9.99. The van der Waals surface area contributed by atoms with Gasteiger partial charge in [-0.25, -0.2) is 0 Å². The maximum Gasteiger partial charge on any atom is 0.416 e. The van der Waals surface area contributed by atoms with E-state index in [1.54, 1.807) is 39.8 Å². The molecule has 0 fully saturated rings. The van der Waals surface area contributed by atoms with Crippen molar-refractivity contribution in [2.45, 2.75) is 58.9 Å². The first-order valence-corrected chi connectivity index (χ1v) is 10.6. The number of ether oxygens (including phenoxy) is 2. The number of hydrogen-bond donors (Lipinski definition) is 1. The second-order valence-electron chi connectivity index (χ2n) is 8.41. The Morgan fingerprint density at radius 2 is 1.79 bits per heavy atom. The van der Waals surface area contributed by atoms with Crippen LogP contribution in [0.3, 0.4) is 0 Å². The van der Waals surface area contributed by atoms with Crippen molar-refractivity contribution in [2.75, 3.05) is 13.2 Å². The van der Waals surface area contributed by atoms with E-state index in [1.165, 1.54) is 12.3 Å². The van der Waals surface area contributed by atoms with Crippen molar-refractivity contribution in [2.24, 2.45) is 0 Å². The molecule has 0 unspecified atom stereocenters. The summed E-state index contributed by atoms with van der Waals surface area (Å²) in [6, 6.07) is 6.74. The SMILES string of the molecule is CCOC(=O)Cc1ccnc(-c2ccc(C(F)(F)F)cc2CNCCC(=O)OC(C)(C)C)c1. The molecule has 180 valence electrons. The van der Waals surface area contributed by atoms with Crippen LogP contribution in [0.25, 0.3) is 11.3 Å². The first-order valence-electron chi connectivity index (χ1n) is 10.6. The number of aromatic nitrogens is 1. The third-order valence-electron chi connectivity index (χ3n) is 4.43. The molecular weight excluding hydrogens is 437 g/mol. The fraction of sp³-hybridized carbons (Fsp3) is 0.458. The largest absolute Gasteiger partial charge is 0.466 e. The van der Waals surface area contributed by atoms with E-state index < -0.39 is 29.3 Å². The molecule has 0 saturated carbocycles. The third-order valence-corrected chi connectivity index (χ3v) is 4.43. The Morgan fingerprint density at radius 3 is 2.42 bits per heavy atom. The summed E-state index contributed by atoms with van der Waals surface area (Å²) in [5.74, 6) is -0.793. The standard InChI is InChI=1S/C24H29F3N2O4/c1-5-32-22(31)13-16-8-11-29-20(12-16)19-7-6-18(24(25,26)27)14-17(19)15-28-10-9-21(30)33-23(2,3)4/h6-8,11-12,14,28H,5,9-10,13,15H2,1-4H3. The molecule has 9 heteroatoms. The van der Waals surface area contributed by atoms with Gasteiger partial charge in [0.1, 0.15) is 5.60 Å². The van der Waals surface area contributed by atoms with Crippen LogP contribution in [-0.4, -0.2) is 35.7 Å². The number of nitrogens with zero attached hydrogens (tertiary/aromatic N) is 1. The lowest BCUT2D eigenvalue weighted by Gasteiger charge is -2.19. The minimum Gasteiger partial charge on any atom is -0.466 e. The molecular formula is C24H29F3N2O4. The first-order chi connectivity index (χ1) is 15.4. The van der Waals surface area contributed by atoms with E-state index in [2.05, 4.69) is 10.3 Å². The van der Waals surface area contributed by atoms with E-state index in [1.807, 2.05) is 0 Å². The number of esters is 2. The minimum absolute atomic E-state index is 0.0352. The van der Waals surface area contributed by atoms with Crippen LogP contribution in [0.1, 0.15) is 50.8 Å². The number of halogens is 3. The van der Waals surface area contributed by atoms with Crippen LogP contribution in [0.5, 0.6) is 0 Å². The van der Waals surface area contributed by atoms with E-state index in [0.717, 1.165) is 12.1 Å². The summed E-state index contributed by atoms with van der Waals surface area (Å²) in [5, 5.41) is 3.00. The molecule has 0 aliphatic heterocycles. The molecule has 1 aromatic heterocycles. The normalized spacial score (nSPS) is 11.8. The summed E-state index contributed by atoms with van der Waals surface area (Å²) in [5.41, 5.74) is 0.564. The van der Waals surface area contributed by atoms with E-state index in [9.17, 15) is 22.8 Å². The second kappa shape index (κ2) is 11.3. The van der Waals surface area contributed by atoms with Gasteiger partial charge in [-0.1, -0.05) is 6.07 Å². The van der Waals surface area contributed by atoms with Gasteiger partial charge in [0.25, 0.3) is 0 Å². The number of hydrogen-bond acceptors (Lipinski definition) is 6. The Balaban J connectivity index is 2.21. The van der Waals surface area contributed by atoms with Crippen LogP contribution in [0.2, 0.25) is 0 Å². The number of rotatable bonds is 9. The van der Waals surface area contributed by atoms with E-state index in [0.29, 0.717) is 22.4 Å². The number of nitrogens with one attached hydrogen (secondary N) is 1. The van der Waals surface area contributed by atoms with Gasteiger partial charge < -0.3 is 14.8 Å². The number of carbonyl (C=O) groups is 2. The van der Waals surface area contributed by atoms with Crippen molar-refractivity contribution in [1.82, 2.24) is 10.3 Å². The van der Waals surface area contributed by atoms with Crippen LogP contribution in [0.15, 0.2) is 36.5 Å². The fourth-order valence-electron chi connectivity index (χ4n) is 3.08. The van der Waals surface area contributed by atoms with Crippen LogP contribution >= 0.6 is 0 Å². The molecule has 0 radical (unpaired) electrons. The molecule has 2 rings (SSSR count). The number of pyridine rings is 1. The summed E-state index contributed by atoms with van der Waals surface area (Å²) >= 11 is 0. The van der Waals surface area contributed by atoms with Gasteiger partial charge in [-0.15, -0.1) is 0 Å².